The van der Waals surface area contributed by atoms with Crippen molar-refractivity contribution in [3.05, 3.63) is 99.8 Å². The van der Waals surface area contributed by atoms with E-state index in [4.69, 9.17) is 9.47 Å². The number of nitrogens with zero attached hydrogens (tertiary/aromatic N) is 1. The number of para-hydroxylation sites is 1. The number of methoxy groups -OCH3 is 2. The van der Waals surface area contributed by atoms with E-state index in [1.54, 1.807) is 66.9 Å². The number of halogens is 1. The molecule has 0 bridgehead atoms. The highest BCUT2D eigenvalue weighted by atomic mass is 79.9. The molecule has 0 N–H and O–H groups in total. The average molecular weight is 468 g/mol. The SMILES string of the molecule is COC(=O)C1=C(C(=O)OC)N(c2ccccc2C(=O)c2ccc(Br)cc2)C=CC=C1. The van der Waals surface area contributed by atoms with Crippen molar-refractivity contribution in [1.82, 2.24) is 0 Å². The summed E-state index contributed by atoms with van der Waals surface area (Å²) in [5.74, 6) is -1.66. The van der Waals surface area contributed by atoms with Gasteiger partial charge < -0.3 is 14.4 Å². The first-order valence-electron chi connectivity index (χ1n) is 8.92. The number of hydrogen-bond donors (Lipinski definition) is 0. The minimum Gasteiger partial charge on any atom is -0.465 e. The Morgan fingerprint density at radius 3 is 2.20 bits per heavy atom. The monoisotopic (exact) mass is 467 g/mol. The number of benzene rings is 2. The molecule has 0 aromatic heterocycles. The van der Waals surface area contributed by atoms with Gasteiger partial charge in [0.25, 0.3) is 0 Å². The Kier molecular flexibility index (Phi) is 6.64. The normalized spacial score (nSPS) is 13.1. The van der Waals surface area contributed by atoms with Crippen molar-refractivity contribution in [3.63, 3.8) is 0 Å². The number of ketones is 1. The number of hydrogen-bond acceptors (Lipinski definition) is 6. The molecule has 3 rings (SSSR count). The fraction of sp³-hybridized carbons (Fsp3) is 0.0870. The average Bonchev–Trinajstić information content (AvgIpc) is 3.01. The third-order valence-corrected chi connectivity index (χ3v) is 4.93. The zero-order valence-corrected chi connectivity index (χ0v) is 17.9. The highest BCUT2D eigenvalue weighted by Crippen LogP contribution is 2.30. The summed E-state index contributed by atoms with van der Waals surface area (Å²) in [4.78, 5) is 39.7. The largest absolute Gasteiger partial charge is 0.465 e. The number of rotatable bonds is 5. The third kappa shape index (κ3) is 4.26. The summed E-state index contributed by atoms with van der Waals surface area (Å²) in [6.07, 6.45) is 6.31. The third-order valence-electron chi connectivity index (χ3n) is 4.40. The highest BCUT2D eigenvalue weighted by Gasteiger charge is 2.29. The lowest BCUT2D eigenvalue weighted by atomic mass is 10.0. The van der Waals surface area contributed by atoms with Crippen molar-refractivity contribution in [3.8, 4) is 0 Å². The maximum absolute atomic E-state index is 13.2. The standard InChI is InChI=1S/C23H18BrNO5/c1-29-22(27)18-8-5-6-14-25(20(18)23(28)30-2)19-9-4-3-7-17(19)21(26)15-10-12-16(24)13-11-15/h3-14H,1-2H3. The molecular formula is C23H18BrNO5. The second-order valence-electron chi connectivity index (χ2n) is 6.17. The number of allylic oxidation sites excluding steroid dienone is 2. The molecule has 0 unspecified atom stereocenters. The molecule has 1 aliphatic heterocycles. The first-order chi connectivity index (χ1) is 14.5. The summed E-state index contributed by atoms with van der Waals surface area (Å²) in [7, 11) is 2.45. The zero-order valence-electron chi connectivity index (χ0n) is 16.3. The molecule has 0 atom stereocenters. The lowest BCUT2D eigenvalue weighted by molar-refractivity contribution is -0.139. The van der Waals surface area contributed by atoms with Crippen molar-refractivity contribution < 1.29 is 23.9 Å². The summed E-state index contributed by atoms with van der Waals surface area (Å²) < 4.78 is 10.6. The van der Waals surface area contributed by atoms with Crippen LogP contribution in [0, 0.1) is 0 Å². The molecule has 2 aromatic carbocycles. The van der Waals surface area contributed by atoms with Gasteiger partial charge in [-0.05, 0) is 48.6 Å². The van der Waals surface area contributed by atoms with Crippen molar-refractivity contribution in [2.24, 2.45) is 0 Å². The first kappa shape index (κ1) is 21.3. The van der Waals surface area contributed by atoms with E-state index in [-0.39, 0.29) is 17.1 Å². The molecule has 0 amide bonds. The van der Waals surface area contributed by atoms with E-state index in [2.05, 4.69) is 15.9 Å². The van der Waals surface area contributed by atoms with Gasteiger partial charge in [-0.25, -0.2) is 9.59 Å². The minimum atomic E-state index is -0.738. The fourth-order valence-corrected chi connectivity index (χ4v) is 3.25. The number of carbonyl (C=O) groups is 3. The lowest BCUT2D eigenvalue weighted by Crippen LogP contribution is -2.28. The molecule has 0 radical (unpaired) electrons. The number of esters is 2. The second kappa shape index (κ2) is 9.37. The number of ether oxygens (including phenoxy) is 2. The van der Waals surface area contributed by atoms with Gasteiger partial charge in [0, 0.05) is 21.8 Å². The van der Waals surface area contributed by atoms with Crippen LogP contribution in [-0.4, -0.2) is 31.9 Å². The van der Waals surface area contributed by atoms with Gasteiger partial charge in [-0.2, -0.15) is 0 Å². The Hall–Kier alpha value is -3.45. The summed E-state index contributed by atoms with van der Waals surface area (Å²) in [5, 5.41) is 0. The fourth-order valence-electron chi connectivity index (χ4n) is 2.98. The van der Waals surface area contributed by atoms with Crippen LogP contribution in [0.3, 0.4) is 0 Å². The van der Waals surface area contributed by atoms with E-state index < -0.39 is 11.9 Å². The Morgan fingerprint density at radius 1 is 0.867 bits per heavy atom. The number of carbonyl (C=O) groups excluding carboxylic acids is 3. The maximum Gasteiger partial charge on any atom is 0.355 e. The zero-order chi connectivity index (χ0) is 21.7. The molecule has 2 aromatic rings. The Bertz CT molecular complexity index is 1080. The van der Waals surface area contributed by atoms with E-state index in [0.29, 0.717) is 16.8 Å². The van der Waals surface area contributed by atoms with E-state index in [9.17, 15) is 14.4 Å². The maximum atomic E-state index is 13.2. The van der Waals surface area contributed by atoms with Gasteiger partial charge in [-0.3, -0.25) is 4.79 Å². The van der Waals surface area contributed by atoms with Crippen molar-refractivity contribution >= 4 is 39.3 Å². The van der Waals surface area contributed by atoms with Crippen LogP contribution in [-0.2, 0) is 19.1 Å². The molecule has 7 heteroatoms. The molecule has 0 spiro atoms. The molecule has 30 heavy (non-hydrogen) atoms. The van der Waals surface area contributed by atoms with Crippen LogP contribution in [0.4, 0.5) is 5.69 Å². The second-order valence-corrected chi connectivity index (χ2v) is 7.08. The van der Waals surface area contributed by atoms with E-state index in [1.165, 1.54) is 25.2 Å². The molecule has 152 valence electrons. The summed E-state index contributed by atoms with van der Waals surface area (Å²) in [5.41, 5.74) is 1.23. The number of anilines is 1. The molecular weight excluding hydrogens is 450 g/mol. The first-order valence-corrected chi connectivity index (χ1v) is 9.71. The summed E-state index contributed by atoms with van der Waals surface area (Å²) >= 11 is 3.36. The van der Waals surface area contributed by atoms with Gasteiger partial charge in [-0.1, -0.05) is 34.1 Å². The van der Waals surface area contributed by atoms with E-state index in [1.807, 2.05) is 0 Å². The topological polar surface area (TPSA) is 72.9 Å². The van der Waals surface area contributed by atoms with Gasteiger partial charge in [0.15, 0.2) is 5.78 Å². The van der Waals surface area contributed by atoms with Crippen molar-refractivity contribution in [2.45, 2.75) is 0 Å². The van der Waals surface area contributed by atoms with Gasteiger partial charge in [-0.15, -0.1) is 0 Å². The molecule has 6 nitrogen and oxygen atoms in total. The van der Waals surface area contributed by atoms with Crippen LogP contribution in [0.15, 0.2) is 88.7 Å². The van der Waals surface area contributed by atoms with Crippen molar-refractivity contribution in [2.75, 3.05) is 19.1 Å². The molecule has 0 aliphatic carbocycles. The predicted octanol–water partition coefficient (Wildman–Crippen LogP) is 4.17. The van der Waals surface area contributed by atoms with Crippen LogP contribution in [0.2, 0.25) is 0 Å². The van der Waals surface area contributed by atoms with Gasteiger partial charge in [0.1, 0.15) is 5.70 Å². The summed E-state index contributed by atoms with van der Waals surface area (Å²) in [6, 6.07) is 13.8. The van der Waals surface area contributed by atoms with Crippen molar-refractivity contribution in [1.29, 1.82) is 0 Å². The molecule has 0 saturated carbocycles. The molecule has 1 aliphatic rings. The Labute approximate surface area is 182 Å². The van der Waals surface area contributed by atoms with E-state index in [0.717, 1.165) is 4.47 Å². The van der Waals surface area contributed by atoms with Gasteiger partial charge in [0.2, 0.25) is 0 Å². The lowest BCUT2D eigenvalue weighted by Gasteiger charge is -2.25. The van der Waals surface area contributed by atoms with Crippen LogP contribution < -0.4 is 4.90 Å². The minimum absolute atomic E-state index is 0.0141. The van der Waals surface area contributed by atoms with Gasteiger partial charge in [0.05, 0.1) is 25.5 Å². The molecule has 0 fully saturated rings. The highest BCUT2D eigenvalue weighted by molar-refractivity contribution is 9.10. The van der Waals surface area contributed by atoms with E-state index >= 15 is 0 Å². The predicted molar refractivity (Wildman–Crippen MR) is 116 cm³/mol. The summed E-state index contributed by atoms with van der Waals surface area (Å²) in [6.45, 7) is 0. The Morgan fingerprint density at radius 2 is 1.53 bits per heavy atom. The van der Waals surface area contributed by atoms with Gasteiger partial charge >= 0.3 is 11.9 Å². The van der Waals surface area contributed by atoms with Crippen LogP contribution >= 0.6 is 15.9 Å². The Balaban J connectivity index is 2.18. The quantitative estimate of drug-likeness (QED) is 0.485. The molecule has 0 saturated heterocycles. The molecule has 1 heterocycles. The smallest absolute Gasteiger partial charge is 0.355 e. The van der Waals surface area contributed by atoms with Crippen LogP contribution in [0.5, 0.6) is 0 Å². The van der Waals surface area contributed by atoms with Crippen LogP contribution in [0.25, 0.3) is 0 Å². The van der Waals surface area contributed by atoms with Crippen LogP contribution in [0.1, 0.15) is 15.9 Å².